The second-order valence-electron chi connectivity index (χ2n) is 7.16. The van der Waals surface area contributed by atoms with Crippen molar-refractivity contribution in [2.75, 3.05) is 6.54 Å². The van der Waals surface area contributed by atoms with E-state index in [0.29, 0.717) is 19.4 Å². The predicted octanol–water partition coefficient (Wildman–Crippen LogP) is 3.32. The maximum atomic E-state index is 13.5. The van der Waals surface area contributed by atoms with Crippen LogP contribution in [0.5, 0.6) is 0 Å². The number of amides is 1. The molecule has 1 aliphatic heterocycles. The van der Waals surface area contributed by atoms with Gasteiger partial charge in [-0.25, -0.2) is 8.42 Å². The van der Waals surface area contributed by atoms with Gasteiger partial charge in [0.2, 0.25) is 15.9 Å². The van der Waals surface area contributed by atoms with Crippen LogP contribution in [-0.4, -0.2) is 25.2 Å². The molecule has 0 bridgehead atoms. The molecular weight excluding hydrogens is 384 g/mol. The van der Waals surface area contributed by atoms with Crippen molar-refractivity contribution in [3.05, 3.63) is 101 Å². The zero-order valence-corrected chi connectivity index (χ0v) is 16.7. The van der Waals surface area contributed by atoms with E-state index >= 15 is 0 Å². The summed E-state index contributed by atoms with van der Waals surface area (Å²) in [5, 5.41) is 0. The molecule has 1 unspecified atom stereocenters. The number of fused-ring (bicyclic) bond motifs is 1. The molecule has 0 fully saturated rings. The summed E-state index contributed by atoms with van der Waals surface area (Å²) in [6.07, 6.45) is 1.26. The number of nitrogens with two attached hydrogens (primary N) is 1. The van der Waals surface area contributed by atoms with E-state index in [1.54, 1.807) is 4.31 Å². The smallest absolute Gasteiger partial charge is 0.248 e. The molecule has 0 saturated heterocycles. The summed E-state index contributed by atoms with van der Waals surface area (Å²) in [5.41, 5.74) is 8.87. The molecule has 6 heteroatoms. The van der Waals surface area contributed by atoms with Crippen LogP contribution in [0.15, 0.2) is 83.8 Å². The maximum absolute atomic E-state index is 13.5. The third kappa shape index (κ3) is 3.81. The molecule has 0 spiro atoms. The summed E-state index contributed by atoms with van der Waals surface area (Å²) in [4.78, 5) is 11.5. The monoisotopic (exact) mass is 406 g/mol. The van der Waals surface area contributed by atoms with Crippen molar-refractivity contribution in [3.63, 3.8) is 0 Å². The van der Waals surface area contributed by atoms with Crippen molar-refractivity contribution in [2.24, 2.45) is 5.73 Å². The van der Waals surface area contributed by atoms with E-state index in [2.05, 4.69) is 6.07 Å². The van der Waals surface area contributed by atoms with Gasteiger partial charge in [0.05, 0.1) is 10.9 Å². The summed E-state index contributed by atoms with van der Waals surface area (Å²) in [7, 11) is -3.74. The van der Waals surface area contributed by atoms with Gasteiger partial charge in [0.1, 0.15) is 0 Å². The van der Waals surface area contributed by atoms with Gasteiger partial charge in [0.15, 0.2) is 0 Å². The molecule has 1 atom stereocenters. The van der Waals surface area contributed by atoms with E-state index in [1.807, 2.05) is 48.5 Å². The number of sulfonamides is 1. The van der Waals surface area contributed by atoms with Gasteiger partial charge in [-0.3, -0.25) is 4.79 Å². The van der Waals surface area contributed by atoms with Gasteiger partial charge in [-0.1, -0.05) is 54.6 Å². The van der Waals surface area contributed by atoms with Crippen LogP contribution in [0, 0.1) is 0 Å². The third-order valence-corrected chi connectivity index (χ3v) is 7.30. The number of benzene rings is 3. The molecule has 0 saturated carbocycles. The summed E-state index contributed by atoms with van der Waals surface area (Å²) in [6.45, 7) is 0.411. The standard InChI is InChI=1S/C23H22N2O3S/c24-23(26)19-10-12-20(13-11-19)29(27,28)25-15-14-18-8-4-5-9-21(18)22(25)16-17-6-2-1-3-7-17/h1-13,22H,14-16H2,(H2,24,26). The molecular formula is C23H22N2O3S. The topological polar surface area (TPSA) is 80.5 Å². The van der Waals surface area contributed by atoms with Gasteiger partial charge >= 0.3 is 0 Å². The highest BCUT2D eigenvalue weighted by molar-refractivity contribution is 7.89. The summed E-state index contributed by atoms with van der Waals surface area (Å²) in [6, 6.07) is 23.5. The Hall–Kier alpha value is -2.96. The average molecular weight is 407 g/mol. The van der Waals surface area contributed by atoms with E-state index < -0.39 is 15.9 Å². The third-order valence-electron chi connectivity index (χ3n) is 5.38. The first-order valence-corrected chi connectivity index (χ1v) is 10.9. The van der Waals surface area contributed by atoms with Crippen LogP contribution >= 0.6 is 0 Å². The minimum absolute atomic E-state index is 0.167. The second-order valence-corrected chi connectivity index (χ2v) is 9.05. The number of carbonyl (C=O) groups is 1. The number of hydrogen-bond acceptors (Lipinski definition) is 3. The second kappa shape index (κ2) is 7.81. The Morgan fingerprint density at radius 3 is 2.28 bits per heavy atom. The lowest BCUT2D eigenvalue weighted by Crippen LogP contribution is -2.41. The number of nitrogens with zero attached hydrogens (tertiary/aromatic N) is 1. The molecule has 3 aromatic carbocycles. The Morgan fingerprint density at radius 1 is 0.931 bits per heavy atom. The Morgan fingerprint density at radius 2 is 1.59 bits per heavy atom. The van der Waals surface area contributed by atoms with E-state index in [4.69, 9.17) is 5.73 Å². The van der Waals surface area contributed by atoms with Gasteiger partial charge < -0.3 is 5.73 Å². The average Bonchev–Trinajstić information content (AvgIpc) is 2.74. The van der Waals surface area contributed by atoms with Crippen molar-refractivity contribution in [1.29, 1.82) is 0 Å². The molecule has 1 aliphatic rings. The molecule has 0 aliphatic carbocycles. The minimum atomic E-state index is -3.74. The number of hydrogen-bond donors (Lipinski definition) is 1. The highest BCUT2D eigenvalue weighted by Crippen LogP contribution is 2.36. The normalized spacial score (nSPS) is 16.9. The van der Waals surface area contributed by atoms with Crippen molar-refractivity contribution >= 4 is 15.9 Å². The Labute approximate surface area is 170 Å². The minimum Gasteiger partial charge on any atom is -0.366 e. The molecule has 2 N–H and O–H groups in total. The Bertz CT molecular complexity index is 1130. The molecule has 0 radical (unpaired) electrons. The number of rotatable bonds is 5. The Balaban J connectivity index is 1.75. The molecule has 148 valence electrons. The van der Waals surface area contributed by atoms with Gasteiger partial charge in [-0.2, -0.15) is 4.31 Å². The van der Waals surface area contributed by atoms with Crippen LogP contribution in [0.25, 0.3) is 0 Å². The van der Waals surface area contributed by atoms with Crippen molar-refractivity contribution in [3.8, 4) is 0 Å². The molecule has 4 rings (SSSR count). The first kappa shape index (κ1) is 19.4. The predicted molar refractivity (Wildman–Crippen MR) is 112 cm³/mol. The van der Waals surface area contributed by atoms with Crippen LogP contribution in [0.2, 0.25) is 0 Å². The quantitative estimate of drug-likeness (QED) is 0.706. The Kier molecular flexibility index (Phi) is 5.22. The van der Waals surface area contributed by atoms with Gasteiger partial charge in [0.25, 0.3) is 0 Å². The maximum Gasteiger partial charge on any atom is 0.248 e. The zero-order valence-electron chi connectivity index (χ0n) is 15.9. The van der Waals surface area contributed by atoms with Crippen molar-refractivity contribution < 1.29 is 13.2 Å². The fourth-order valence-corrected chi connectivity index (χ4v) is 5.50. The fourth-order valence-electron chi connectivity index (χ4n) is 3.89. The lowest BCUT2D eigenvalue weighted by atomic mass is 9.90. The van der Waals surface area contributed by atoms with Crippen LogP contribution in [0.4, 0.5) is 0 Å². The molecule has 1 amide bonds. The zero-order chi connectivity index (χ0) is 20.4. The van der Waals surface area contributed by atoms with Crippen molar-refractivity contribution in [1.82, 2.24) is 4.31 Å². The van der Waals surface area contributed by atoms with E-state index in [9.17, 15) is 13.2 Å². The molecule has 5 nitrogen and oxygen atoms in total. The highest BCUT2D eigenvalue weighted by Gasteiger charge is 2.36. The van der Waals surface area contributed by atoms with E-state index in [1.165, 1.54) is 29.8 Å². The van der Waals surface area contributed by atoms with E-state index in [-0.39, 0.29) is 16.5 Å². The lowest BCUT2D eigenvalue weighted by Gasteiger charge is -2.36. The summed E-state index contributed by atoms with van der Waals surface area (Å²) < 4.78 is 28.6. The molecule has 29 heavy (non-hydrogen) atoms. The van der Waals surface area contributed by atoms with Gasteiger partial charge in [0, 0.05) is 12.1 Å². The van der Waals surface area contributed by atoms with Crippen LogP contribution in [-0.2, 0) is 22.9 Å². The molecule has 3 aromatic rings. The van der Waals surface area contributed by atoms with Gasteiger partial charge in [-0.15, -0.1) is 0 Å². The van der Waals surface area contributed by atoms with E-state index in [0.717, 1.165) is 11.1 Å². The SMILES string of the molecule is NC(=O)c1ccc(S(=O)(=O)N2CCc3ccccc3C2Cc2ccccc2)cc1. The van der Waals surface area contributed by atoms with Crippen LogP contribution < -0.4 is 5.73 Å². The van der Waals surface area contributed by atoms with Crippen molar-refractivity contribution in [2.45, 2.75) is 23.8 Å². The highest BCUT2D eigenvalue weighted by atomic mass is 32.2. The van der Waals surface area contributed by atoms with Gasteiger partial charge in [-0.05, 0) is 53.8 Å². The van der Waals surface area contributed by atoms with Crippen LogP contribution in [0.1, 0.15) is 33.1 Å². The number of primary amides is 1. The molecule has 1 heterocycles. The number of carbonyl (C=O) groups excluding carboxylic acids is 1. The molecule has 0 aromatic heterocycles. The first-order valence-electron chi connectivity index (χ1n) is 9.50. The lowest BCUT2D eigenvalue weighted by molar-refractivity contribution is 0.1000. The fraction of sp³-hybridized carbons (Fsp3) is 0.174. The summed E-state index contributed by atoms with van der Waals surface area (Å²) in [5.74, 6) is -0.581. The first-order chi connectivity index (χ1) is 14.0. The van der Waals surface area contributed by atoms with Crippen LogP contribution in [0.3, 0.4) is 0 Å². The largest absolute Gasteiger partial charge is 0.366 e. The summed E-state index contributed by atoms with van der Waals surface area (Å²) >= 11 is 0.